The van der Waals surface area contributed by atoms with Gasteiger partial charge in [-0.2, -0.15) is 0 Å². The van der Waals surface area contributed by atoms with E-state index in [4.69, 9.17) is 5.73 Å². The fourth-order valence-corrected chi connectivity index (χ4v) is 2.40. The summed E-state index contributed by atoms with van der Waals surface area (Å²) in [6, 6.07) is -0.670. The molecule has 0 aromatic carbocycles. The maximum absolute atomic E-state index is 11.6. The van der Waals surface area contributed by atoms with Gasteiger partial charge >= 0.3 is 12.0 Å². The van der Waals surface area contributed by atoms with Crippen LogP contribution in [-0.2, 0) is 9.59 Å². The van der Waals surface area contributed by atoms with Gasteiger partial charge in [0.2, 0.25) is 5.91 Å². The maximum atomic E-state index is 11.6. The van der Waals surface area contributed by atoms with Crippen molar-refractivity contribution in [1.29, 1.82) is 0 Å². The molecular weight excluding hydrogens is 250 g/mol. The van der Waals surface area contributed by atoms with E-state index in [1.807, 2.05) is 0 Å². The molecule has 0 spiro atoms. The molecule has 7 nitrogen and oxygen atoms in total. The number of nitrogens with two attached hydrogens (primary N) is 1. The number of carbonyl (C=O) groups excluding carboxylic acids is 2. The number of hydrogen-bond donors (Lipinski definition) is 4. The number of primary amides is 1. The van der Waals surface area contributed by atoms with Crippen LogP contribution in [0.15, 0.2) is 0 Å². The number of nitrogens with one attached hydrogen (secondary N) is 2. The first kappa shape index (κ1) is 15.3. The van der Waals surface area contributed by atoms with E-state index in [1.165, 1.54) is 0 Å². The van der Waals surface area contributed by atoms with Crippen molar-refractivity contribution in [3.05, 3.63) is 0 Å². The van der Waals surface area contributed by atoms with Crippen LogP contribution in [0.3, 0.4) is 0 Å². The minimum absolute atomic E-state index is 0.306. The molecule has 1 aliphatic rings. The van der Waals surface area contributed by atoms with E-state index >= 15 is 0 Å². The number of carbonyl (C=O) groups is 3. The molecule has 1 saturated carbocycles. The third kappa shape index (κ3) is 4.11. The number of rotatable bonds is 5. The van der Waals surface area contributed by atoms with Crippen LogP contribution in [0.2, 0.25) is 0 Å². The number of carboxylic acid groups (broad SMARTS) is 1. The predicted molar refractivity (Wildman–Crippen MR) is 68.3 cm³/mol. The van der Waals surface area contributed by atoms with E-state index < -0.39 is 23.4 Å². The molecule has 19 heavy (non-hydrogen) atoms. The summed E-state index contributed by atoms with van der Waals surface area (Å²) in [6.45, 7) is 1.77. The fourth-order valence-electron chi connectivity index (χ4n) is 2.40. The second-order valence-electron chi connectivity index (χ2n) is 5.01. The summed E-state index contributed by atoms with van der Waals surface area (Å²) in [6.07, 6.45) is 3.39. The first-order chi connectivity index (χ1) is 8.89. The molecule has 0 aliphatic heterocycles. The zero-order valence-corrected chi connectivity index (χ0v) is 11.1. The van der Waals surface area contributed by atoms with Gasteiger partial charge in [0.15, 0.2) is 0 Å². The van der Waals surface area contributed by atoms with Crippen molar-refractivity contribution in [3.63, 3.8) is 0 Å². The Morgan fingerprint density at radius 2 is 1.89 bits per heavy atom. The Kier molecular flexibility index (Phi) is 5.14. The third-order valence-electron chi connectivity index (χ3n) is 3.72. The molecular formula is C12H21N3O4. The average molecular weight is 271 g/mol. The summed E-state index contributed by atoms with van der Waals surface area (Å²) in [5, 5.41) is 14.1. The van der Waals surface area contributed by atoms with Crippen molar-refractivity contribution >= 4 is 17.9 Å². The normalized spacial score (nSPS) is 26.5. The molecule has 0 heterocycles. The number of urea groups is 1. The van der Waals surface area contributed by atoms with Gasteiger partial charge in [0.1, 0.15) is 5.54 Å². The molecule has 0 unspecified atom stereocenters. The van der Waals surface area contributed by atoms with Crippen LogP contribution in [-0.4, -0.2) is 35.1 Å². The zero-order chi connectivity index (χ0) is 14.5. The van der Waals surface area contributed by atoms with Gasteiger partial charge in [-0.3, -0.25) is 4.79 Å². The molecule has 0 atom stereocenters. The molecule has 5 N–H and O–H groups in total. The SMILES string of the molecule is CCC1CCC(NC(=O)NCC(N)=O)(C(=O)O)CC1. The van der Waals surface area contributed by atoms with E-state index in [0.717, 1.165) is 19.3 Å². The summed E-state index contributed by atoms with van der Waals surface area (Å²) in [5.74, 6) is -1.19. The van der Waals surface area contributed by atoms with Crippen LogP contribution in [0.4, 0.5) is 4.79 Å². The predicted octanol–water partition coefficient (Wildman–Crippen LogP) is 0.195. The molecule has 7 heteroatoms. The molecule has 0 saturated heterocycles. The first-order valence-electron chi connectivity index (χ1n) is 6.47. The number of hydrogen-bond acceptors (Lipinski definition) is 3. The second kappa shape index (κ2) is 6.40. The monoisotopic (exact) mass is 271 g/mol. The largest absolute Gasteiger partial charge is 0.480 e. The molecule has 1 rings (SSSR count). The van der Waals surface area contributed by atoms with Crippen molar-refractivity contribution in [2.24, 2.45) is 11.7 Å². The lowest BCUT2D eigenvalue weighted by molar-refractivity contribution is -0.146. The summed E-state index contributed by atoms with van der Waals surface area (Å²) in [7, 11) is 0. The second-order valence-corrected chi connectivity index (χ2v) is 5.01. The average Bonchev–Trinajstić information content (AvgIpc) is 2.37. The molecule has 0 aromatic rings. The van der Waals surface area contributed by atoms with Crippen molar-refractivity contribution in [1.82, 2.24) is 10.6 Å². The topological polar surface area (TPSA) is 122 Å². The molecule has 0 aromatic heterocycles. The lowest BCUT2D eigenvalue weighted by Gasteiger charge is -2.37. The van der Waals surface area contributed by atoms with Crippen molar-refractivity contribution < 1.29 is 19.5 Å². The van der Waals surface area contributed by atoms with Crippen LogP contribution in [0.1, 0.15) is 39.0 Å². The minimum atomic E-state index is -1.23. The van der Waals surface area contributed by atoms with Gasteiger partial charge in [0, 0.05) is 0 Å². The van der Waals surface area contributed by atoms with Crippen LogP contribution >= 0.6 is 0 Å². The highest BCUT2D eigenvalue weighted by Gasteiger charge is 2.42. The Bertz CT molecular complexity index is 362. The van der Waals surface area contributed by atoms with Crippen molar-refractivity contribution in [2.45, 2.75) is 44.6 Å². The van der Waals surface area contributed by atoms with Gasteiger partial charge in [-0.15, -0.1) is 0 Å². The number of aliphatic carboxylic acids is 1. The zero-order valence-electron chi connectivity index (χ0n) is 11.1. The van der Waals surface area contributed by atoms with Crippen LogP contribution < -0.4 is 16.4 Å². The van der Waals surface area contributed by atoms with E-state index in [-0.39, 0.29) is 6.54 Å². The van der Waals surface area contributed by atoms with Gasteiger partial charge < -0.3 is 21.5 Å². The van der Waals surface area contributed by atoms with E-state index in [9.17, 15) is 19.5 Å². The summed E-state index contributed by atoms with van der Waals surface area (Å²) in [4.78, 5) is 33.5. The van der Waals surface area contributed by atoms with Crippen LogP contribution in [0.5, 0.6) is 0 Å². The van der Waals surface area contributed by atoms with Gasteiger partial charge in [-0.05, 0) is 31.6 Å². The molecule has 1 fully saturated rings. The Morgan fingerprint density at radius 1 is 1.32 bits per heavy atom. The molecule has 108 valence electrons. The van der Waals surface area contributed by atoms with Crippen molar-refractivity contribution in [3.8, 4) is 0 Å². The Labute approximate surface area is 111 Å². The molecule has 0 radical (unpaired) electrons. The van der Waals surface area contributed by atoms with Gasteiger partial charge in [-0.25, -0.2) is 9.59 Å². The summed E-state index contributed by atoms with van der Waals surface area (Å²) >= 11 is 0. The van der Waals surface area contributed by atoms with Crippen LogP contribution in [0.25, 0.3) is 0 Å². The smallest absolute Gasteiger partial charge is 0.329 e. The van der Waals surface area contributed by atoms with E-state index in [1.54, 1.807) is 0 Å². The van der Waals surface area contributed by atoms with E-state index in [0.29, 0.717) is 18.8 Å². The quantitative estimate of drug-likeness (QED) is 0.570. The van der Waals surface area contributed by atoms with Gasteiger partial charge in [-0.1, -0.05) is 13.3 Å². The standard InChI is InChI=1S/C12H21N3O4/c1-2-8-3-5-12(6-4-8,10(17)18)15-11(19)14-7-9(13)16/h8H,2-7H2,1H3,(H2,13,16)(H,17,18)(H2,14,15,19). The van der Waals surface area contributed by atoms with Gasteiger partial charge in [0.05, 0.1) is 6.54 Å². The molecule has 0 bridgehead atoms. The van der Waals surface area contributed by atoms with Crippen molar-refractivity contribution in [2.75, 3.05) is 6.54 Å². The summed E-state index contributed by atoms with van der Waals surface area (Å²) in [5.41, 5.74) is 3.68. The molecule has 3 amide bonds. The van der Waals surface area contributed by atoms with E-state index in [2.05, 4.69) is 17.6 Å². The maximum Gasteiger partial charge on any atom is 0.329 e. The lowest BCUT2D eigenvalue weighted by Crippen LogP contribution is -2.59. The number of amides is 3. The first-order valence-corrected chi connectivity index (χ1v) is 6.47. The highest BCUT2D eigenvalue weighted by molar-refractivity contribution is 5.88. The Balaban J connectivity index is 2.61. The highest BCUT2D eigenvalue weighted by Crippen LogP contribution is 2.33. The Hall–Kier alpha value is -1.79. The minimum Gasteiger partial charge on any atom is -0.480 e. The lowest BCUT2D eigenvalue weighted by atomic mass is 9.75. The van der Waals surface area contributed by atoms with Gasteiger partial charge in [0.25, 0.3) is 0 Å². The Morgan fingerprint density at radius 3 is 2.32 bits per heavy atom. The third-order valence-corrected chi connectivity index (χ3v) is 3.72. The van der Waals surface area contributed by atoms with Crippen LogP contribution in [0, 0.1) is 5.92 Å². The molecule has 1 aliphatic carbocycles. The summed E-state index contributed by atoms with van der Waals surface area (Å²) < 4.78 is 0. The highest BCUT2D eigenvalue weighted by atomic mass is 16.4. The fraction of sp³-hybridized carbons (Fsp3) is 0.750. The number of carboxylic acids is 1.